The molecule has 0 radical (unpaired) electrons. The molecule has 122 valence electrons. The predicted octanol–water partition coefficient (Wildman–Crippen LogP) is 2.32. The summed E-state index contributed by atoms with van der Waals surface area (Å²) in [5.74, 6) is -0.222. The SMILES string of the molecule is COC(=O)N1CCCC1C(=O)Nc1nc(-c2cccn2C)cs1. The summed E-state index contributed by atoms with van der Waals surface area (Å²) in [4.78, 5) is 30.0. The molecule has 3 rings (SSSR count). The second-order valence-corrected chi connectivity index (χ2v) is 6.21. The number of hydrogen-bond acceptors (Lipinski definition) is 5. The van der Waals surface area contributed by atoms with E-state index >= 15 is 0 Å². The number of thiazole rings is 1. The van der Waals surface area contributed by atoms with E-state index in [-0.39, 0.29) is 5.91 Å². The van der Waals surface area contributed by atoms with Gasteiger partial charge in [-0.2, -0.15) is 0 Å². The molecule has 0 bridgehead atoms. The summed E-state index contributed by atoms with van der Waals surface area (Å²) < 4.78 is 6.69. The highest BCUT2D eigenvalue weighted by Gasteiger charge is 2.35. The quantitative estimate of drug-likeness (QED) is 0.934. The van der Waals surface area contributed by atoms with Crippen LogP contribution in [0.25, 0.3) is 11.4 Å². The zero-order chi connectivity index (χ0) is 16.4. The van der Waals surface area contributed by atoms with Gasteiger partial charge in [0, 0.05) is 25.2 Å². The number of ether oxygens (including phenoxy) is 1. The second-order valence-electron chi connectivity index (χ2n) is 5.35. The van der Waals surface area contributed by atoms with Gasteiger partial charge in [-0.15, -0.1) is 11.3 Å². The lowest BCUT2D eigenvalue weighted by Gasteiger charge is -2.21. The molecule has 1 unspecified atom stereocenters. The first-order valence-electron chi connectivity index (χ1n) is 7.33. The number of hydrogen-bond donors (Lipinski definition) is 1. The Kier molecular flexibility index (Phi) is 4.33. The van der Waals surface area contributed by atoms with E-state index in [0.29, 0.717) is 18.1 Å². The van der Waals surface area contributed by atoms with E-state index in [4.69, 9.17) is 4.74 Å². The molecule has 1 aliphatic heterocycles. The van der Waals surface area contributed by atoms with Crippen molar-refractivity contribution >= 4 is 28.5 Å². The third kappa shape index (κ3) is 3.07. The van der Waals surface area contributed by atoms with Gasteiger partial charge in [-0.05, 0) is 25.0 Å². The van der Waals surface area contributed by atoms with Gasteiger partial charge in [0.15, 0.2) is 5.13 Å². The maximum Gasteiger partial charge on any atom is 0.410 e. The Morgan fingerprint density at radius 1 is 1.48 bits per heavy atom. The fraction of sp³-hybridized carbons (Fsp3) is 0.400. The van der Waals surface area contributed by atoms with Crippen molar-refractivity contribution in [2.45, 2.75) is 18.9 Å². The van der Waals surface area contributed by atoms with Crippen molar-refractivity contribution in [3.05, 3.63) is 23.7 Å². The van der Waals surface area contributed by atoms with Gasteiger partial charge in [-0.3, -0.25) is 9.69 Å². The van der Waals surface area contributed by atoms with E-state index in [0.717, 1.165) is 17.8 Å². The van der Waals surface area contributed by atoms with E-state index in [1.165, 1.54) is 23.3 Å². The zero-order valence-electron chi connectivity index (χ0n) is 13.0. The van der Waals surface area contributed by atoms with Crippen LogP contribution in [0.1, 0.15) is 12.8 Å². The number of aryl methyl sites for hydroxylation is 1. The summed E-state index contributed by atoms with van der Waals surface area (Å²) in [7, 11) is 3.27. The molecule has 2 aromatic heterocycles. The van der Waals surface area contributed by atoms with Crippen molar-refractivity contribution in [3.63, 3.8) is 0 Å². The smallest absolute Gasteiger partial charge is 0.410 e. The lowest BCUT2D eigenvalue weighted by Crippen LogP contribution is -2.43. The first-order valence-corrected chi connectivity index (χ1v) is 8.21. The molecule has 1 N–H and O–H groups in total. The Morgan fingerprint density at radius 2 is 2.30 bits per heavy atom. The van der Waals surface area contributed by atoms with Crippen molar-refractivity contribution in [2.75, 3.05) is 19.0 Å². The maximum absolute atomic E-state index is 12.4. The van der Waals surface area contributed by atoms with Gasteiger partial charge in [0.1, 0.15) is 6.04 Å². The summed E-state index contributed by atoms with van der Waals surface area (Å²) in [5.41, 5.74) is 1.80. The summed E-state index contributed by atoms with van der Waals surface area (Å²) >= 11 is 1.37. The number of amides is 2. The van der Waals surface area contributed by atoms with Gasteiger partial charge < -0.3 is 14.6 Å². The van der Waals surface area contributed by atoms with Crippen molar-refractivity contribution < 1.29 is 14.3 Å². The van der Waals surface area contributed by atoms with Crippen LogP contribution in [0.15, 0.2) is 23.7 Å². The average Bonchev–Trinajstić information content (AvgIpc) is 3.25. The van der Waals surface area contributed by atoms with Gasteiger partial charge in [0.25, 0.3) is 0 Å². The van der Waals surface area contributed by atoms with Crippen LogP contribution in [0.4, 0.5) is 9.93 Å². The summed E-state index contributed by atoms with van der Waals surface area (Å²) in [6.45, 7) is 0.539. The van der Waals surface area contributed by atoms with Crippen molar-refractivity contribution in [3.8, 4) is 11.4 Å². The van der Waals surface area contributed by atoms with Crippen molar-refractivity contribution in [1.82, 2.24) is 14.5 Å². The van der Waals surface area contributed by atoms with Crippen LogP contribution in [0.5, 0.6) is 0 Å². The standard InChI is InChI=1S/C15H18N4O3S/c1-18-7-3-5-11(18)10-9-23-14(16-10)17-13(20)12-6-4-8-19(12)15(21)22-2/h3,5,7,9,12H,4,6,8H2,1-2H3,(H,16,17,20). The number of likely N-dealkylation sites (tertiary alicyclic amines) is 1. The fourth-order valence-corrected chi connectivity index (χ4v) is 3.45. The Hall–Kier alpha value is -2.35. The number of rotatable bonds is 3. The number of carbonyl (C=O) groups is 2. The zero-order valence-corrected chi connectivity index (χ0v) is 13.8. The molecule has 1 saturated heterocycles. The summed E-state index contributed by atoms with van der Waals surface area (Å²) in [6.07, 6.45) is 2.90. The van der Waals surface area contributed by atoms with E-state index < -0.39 is 12.1 Å². The molecule has 2 aromatic rings. The molecule has 0 aromatic carbocycles. The molecule has 1 atom stereocenters. The molecule has 1 fully saturated rings. The Morgan fingerprint density at radius 3 is 3.00 bits per heavy atom. The molecule has 1 aliphatic rings. The highest BCUT2D eigenvalue weighted by atomic mass is 32.1. The lowest BCUT2D eigenvalue weighted by atomic mass is 10.2. The highest BCUT2D eigenvalue weighted by molar-refractivity contribution is 7.14. The largest absolute Gasteiger partial charge is 0.453 e. The van der Waals surface area contributed by atoms with Gasteiger partial charge in [-0.1, -0.05) is 0 Å². The van der Waals surface area contributed by atoms with Crippen molar-refractivity contribution in [2.24, 2.45) is 7.05 Å². The number of aromatic nitrogens is 2. The topological polar surface area (TPSA) is 76.5 Å². The third-order valence-electron chi connectivity index (χ3n) is 3.91. The van der Waals surface area contributed by atoms with Gasteiger partial charge in [0.05, 0.1) is 18.5 Å². The number of nitrogens with zero attached hydrogens (tertiary/aromatic N) is 3. The molecule has 8 heteroatoms. The maximum atomic E-state index is 12.4. The molecule has 23 heavy (non-hydrogen) atoms. The van der Waals surface area contributed by atoms with E-state index in [1.807, 2.05) is 35.3 Å². The van der Waals surface area contributed by atoms with E-state index in [2.05, 4.69) is 10.3 Å². The predicted molar refractivity (Wildman–Crippen MR) is 87.3 cm³/mol. The molecular formula is C15H18N4O3S. The monoisotopic (exact) mass is 334 g/mol. The summed E-state index contributed by atoms with van der Waals surface area (Å²) in [6, 6.07) is 3.42. The van der Waals surface area contributed by atoms with Crippen LogP contribution in [-0.4, -0.2) is 46.1 Å². The average molecular weight is 334 g/mol. The first-order chi connectivity index (χ1) is 11.1. The summed E-state index contributed by atoms with van der Waals surface area (Å²) in [5, 5.41) is 5.24. The number of nitrogens with one attached hydrogen (secondary N) is 1. The lowest BCUT2D eigenvalue weighted by molar-refractivity contribution is -0.119. The minimum Gasteiger partial charge on any atom is -0.453 e. The molecule has 3 heterocycles. The molecule has 0 saturated carbocycles. The van der Waals surface area contributed by atoms with E-state index in [1.54, 1.807) is 0 Å². The normalized spacial score (nSPS) is 17.3. The van der Waals surface area contributed by atoms with E-state index in [9.17, 15) is 9.59 Å². The van der Waals surface area contributed by atoms with Crippen LogP contribution in [0, 0.1) is 0 Å². The van der Waals surface area contributed by atoms with Gasteiger partial charge >= 0.3 is 6.09 Å². The Balaban J connectivity index is 1.70. The Labute approximate surface area is 137 Å². The third-order valence-corrected chi connectivity index (χ3v) is 4.66. The molecular weight excluding hydrogens is 316 g/mol. The van der Waals surface area contributed by atoms with Gasteiger partial charge in [-0.25, -0.2) is 9.78 Å². The minimum atomic E-state index is -0.496. The van der Waals surface area contributed by atoms with Crippen LogP contribution in [-0.2, 0) is 16.6 Å². The molecule has 7 nitrogen and oxygen atoms in total. The highest BCUT2D eigenvalue weighted by Crippen LogP contribution is 2.26. The number of carbonyl (C=O) groups excluding carboxylic acids is 2. The van der Waals surface area contributed by atoms with Crippen molar-refractivity contribution in [1.29, 1.82) is 0 Å². The van der Waals surface area contributed by atoms with Crippen LogP contribution >= 0.6 is 11.3 Å². The second kappa shape index (κ2) is 6.41. The molecule has 2 amide bonds. The van der Waals surface area contributed by atoms with Crippen LogP contribution in [0.2, 0.25) is 0 Å². The number of methoxy groups -OCH3 is 1. The Bertz CT molecular complexity index is 724. The fourth-order valence-electron chi connectivity index (χ4n) is 2.74. The minimum absolute atomic E-state index is 0.222. The van der Waals surface area contributed by atoms with Gasteiger partial charge in [0.2, 0.25) is 5.91 Å². The van der Waals surface area contributed by atoms with Crippen LogP contribution < -0.4 is 5.32 Å². The van der Waals surface area contributed by atoms with Crippen LogP contribution in [0.3, 0.4) is 0 Å². The first kappa shape index (κ1) is 15.5. The molecule has 0 spiro atoms. The molecule has 0 aliphatic carbocycles. The number of anilines is 1.